The molecule has 0 aromatic heterocycles. The summed E-state index contributed by atoms with van der Waals surface area (Å²) in [5.41, 5.74) is 12.5. The zero-order valence-corrected chi connectivity index (χ0v) is 26.1. The van der Waals surface area contributed by atoms with E-state index in [0.29, 0.717) is 11.1 Å². The Morgan fingerprint density at radius 3 is 2.47 bits per heavy atom. The molecule has 43 heavy (non-hydrogen) atoms. The number of primary amides is 1. The molecule has 2 aromatic carbocycles. The van der Waals surface area contributed by atoms with Crippen molar-refractivity contribution in [2.24, 2.45) is 16.5 Å². The second-order valence-corrected chi connectivity index (χ2v) is 11.2. The minimum absolute atomic E-state index is 0. The molecule has 0 aliphatic carbocycles. The summed E-state index contributed by atoms with van der Waals surface area (Å²) in [6.45, 7) is 3.20. The number of hydrogen-bond acceptors (Lipinski definition) is 9. The topological polar surface area (TPSA) is 181 Å². The van der Waals surface area contributed by atoms with Crippen LogP contribution in [0, 0.1) is 5.41 Å². The molecule has 0 spiro atoms. The summed E-state index contributed by atoms with van der Waals surface area (Å²) < 4.78 is 37.6. The van der Waals surface area contributed by atoms with Crippen LogP contribution in [0.25, 0.3) is 6.08 Å². The molecular formula is C28H36Cl2N6O6S. The molecule has 2 aromatic rings. The van der Waals surface area contributed by atoms with Crippen LogP contribution >= 0.6 is 24.8 Å². The van der Waals surface area contributed by atoms with Gasteiger partial charge in [0.15, 0.2) is 0 Å². The van der Waals surface area contributed by atoms with E-state index in [4.69, 9.17) is 21.6 Å². The van der Waals surface area contributed by atoms with Crippen molar-refractivity contribution in [1.82, 2.24) is 4.90 Å². The quantitative estimate of drug-likeness (QED) is 0.258. The highest BCUT2D eigenvalue weighted by Gasteiger charge is 2.28. The second kappa shape index (κ2) is 15.6. The van der Waals surface area contributed by atoms with Gasteiger partial charge in [-0.05, 0) is 36.2 Å². The summed E-state index contributed by atoms with van der Waals surface area (Å²) in [6, 6.07) is 11.1. The van der Waals surface area contributed by atoms with Gasteiger partial charge in [0.05, 0.1) is 23.6 Å². The van der Waals surface area contributed by atoms with Gasteiger partial charge in [0, 0.05) is 51.4 Å². The average molecular weight is 656 g/mol. The van der Waals surface area contributed by atoms with E-state index >= 15 is 0 Å². The highest BCUT2D eigenvalue weighted by Crippen LogP contribution is 2.30. The number of amidine groups is 2. The van der Waals surface area contributed by atoms with Gasteiger partial charge in [-0.1, -0.05) is 30.4 Å². The van der Waals surface area contributed by atoms with Crippen molar-refractivity contribution in [1.29, 1.82) is 5.41 Å². The number of hydrogen-bond donors (Lipinski definition) is 3. The standard InChI is InChI=1S/C28H34N6O6S.2ClH/c1-19(35)40-41(37,38)34(14-4-6-20-5-2-7-21(17-20)27(29)30)22-9-10-25(24(18-22)28(31)36)39-23-11-15-33(16-12-23)26-8-3-13-32-26;;/h2,4-7,9-10,17-18,23H,3,8,11-16H2,1H3,(H3,29,30)(H2,31,36);2*1H/b6-4+;;. The highest BCUT2D eigenvalue weighted by atomic mass is 35.5. The van der Waals surface area contributed by atoms with Crippen molar-refractivity contribution in [2.45, 2.75) is 38.7 Å². The van der Waals surface area contributed by atoms with Crippen LogP contribution in [0.2, 0.25) is 0 Å². The maximum absolute atomic E-state index is 13.0. The number of halogens is 2. The number of likely N-dealkylation sites (tertiary alicyclic amines) is 1. The molecule has 4 rings (SSSR count). The molecule has 0 atom stereocenters. The Morgan fingerprint density at radius 2 is 1.86 bits per heavy atom. The van der Waals surface area contributed by atoms with E-state index in [1.54, 1.807) is 30.3 Å². The van der Waals surface area contributed by atoms with E-state index in [9.17, 15) is 18.0 Å². The third kappa shape index (κ3) is 9.34. The molecule has 1 saturated heterocycles. The summed E-state index contributed by atoms with van der Waals surface area (Å²) in [6.07, 6.45) is 6.57. The normalized spacial score (nSPS) is 15.2. The highest BCUT2D eigenvalue weighted by molar-refractivity contribution is 7.88. The third-order valence-electron chi connectivity index (χ3n) is 6.74. The lowest BCUT2D eigenvalue weighted by Gasteiger charge is -2.34. The number of piperidine rings is 1. The van der Waals surface area contributed by atoms with Gasteiger partial charge >= 0.3 is 16.3 Å². The van der Waals surface area contributed by atoms with E-state index < -0.39 is 22.2 Å². The Bertz CT molecular complexity index is 1490. The lowest BCUT2D eigenvalue weighted by molar-refractivity contribution is -0.131. The Morgan fingerprint density at radius 1 is 1.14 bits per heavy atom. The molecular weight excluding hydrogens is 619 g/mol. The number of rotatable bonds is 10. The number of aliphatic imine (C=N–C) groups is 1. The van der Waals surface area contributed by atoms with E-state index in [1.807, 2.05) is 0 Å². The van der Waals surface area contributed by atoms with Crippen LogP contribution in [0.15, 0.2) is 53.5 Å². The molecule has 12 nitrogen and oxygen atoms in total. The van der Waals surface area contributed by atoms with Gasteiger partial charge < -0.3 is 25.3 Å². The fraction of sp³-hybridized carbons (Fsp3) is 0.357. The van der Waals surface area contributed by atoms with Crippen molar-refractivity contribution >= 4 is 70.4 Å². The first-order valence-electron chi connectivity index (χ1n) is 13.3. The summed E-state index contributed by atoms with van der Waals surface area (Å²) in [5, 5.41) is 7.60. The SMILES string of the molecule is CC(=O)OS(=O)(=O)N(C/C=C/c1cccc(C(=N)N)c1)c1ccc(OC2CCN(C3=NCCC3)CC2)c(C(N)=O)c1.Cl.Cl. The molecule has 2 aliphatic rings. The number of benzene rings is 2. The molecule has 0 bridgehead atoms. The lowest BCUT2D eigenvalue weighted by Crippen LogP contribution is -2.41. The van der Waals surface area contributed by atoms with Crippen molar-refractivity contribution < 1.29 is 26.9 Å². The number of amides is 1. The largest absolute Gasteiger partial charge is 0.489 e. The second-order valence-electron chi connectivity index (χ2n) is 9.76. The van der Waals surface area contributed by atoms with Gasteiger partial charge in [-0.3, -0.25) is 20.0 Å². The number of carbonyl (C=O) groups excluding carboxylic acids is 2. The van der Waals surface area contributed by atoms with Gasteiger partial charge in [0.1, 0.15) is 17.7 Å². The van der Waals surface area contributed by atoms with Gasteiger partial charge in [0.2, 0.25) is 0 Å². The lowest BCUT2D eigenvalue weighted by atomic mass is 10.1. The van der Waals surface area contributed by atoms with Crippen LogP contribution < -0.4 is 20.5 Å². The first-order chi connectivity index (χ1) is 19.5. The van der Waals surface area contributed by atoms with Gasteiger partial charge in [-0.15, -0.1) is 24.8 Å². The predicted octanol–water partition coefficient (Wildman–Crippen LogP) is 3.28. The van der Waals surface area contributed by atoms with Crippen molar-refractivity contribution in [3.05, 3.63) is 65.2 Å². The van der Waals surface area contributed by atoms with Crippen LogP contribution in [-0.4, -0.2) is 69.1 Å². The minimum atomic E-state index is -4.58. The van der Waals surface area contributed by atoms with Crippen LogP contribution in [-0.2, 0) is 19.3 Å². The average Bonchev–Trinajstić information content (AvgIpc) is 3.46. The Balaban J connectivity index is 0.00000323. The number of nitrogen functional groups attached to an aromatic ring is 1. The van der Waals surface area contributed by atoms with Crippen molar-refractivity contribution in [2.75, 3.05) is 30.5 Å². The molecule has 0 unspecified atom stereocenters. The molecule has 234 valence electrons. The third-order valence-corrected chi connectivity index (χ3v) is 8.09. The van der Waals surface area contributed by atoms with Gasteiger partial charge in [-0.25, -0.2) is 4.31 Å². The van der Waals surface area contributed by atoms with Crippen LogP contribution in [0.5, 0.6) is 5.75 Å². The van der Waals surface area contributed by atoms with E-state index in [-0.39, 0.29) is 60.3 Å². The first kappa shape index (κ1) is 35.4. The molecule has 5 N–H and O–H groups in total. The molecule has 1 amide bonds. The Hall–Kier alpha value is -3.81. The smallest absolute Gasteiger partial charge is 0.412 e. The predicted molar refractivity (Wildman–Crippen MR) is 171 cm³/mol. The monoisotopic (exact) mass is 654 g/mol. The number of carbonyl (C=O) groups is 2. The van der Waals surface area contributed by atoms with Gasteiger partial charge in [-0.2, -0.15) is 8.42 Å². The summed E-state index contributed by atoms with van der Waals surface area (Å²) in [5.74, 6) is -0.520. The molecule has 2 aliphatic heterocycles. The maximum Gasteiger partial charge on any atom is 0.412 e. The zero-order chi connectivity index (χ0) is 29.6. The number of nitrogens with two attached hydrogens (primary N) is 2. The molecule has 0 radical (unpaired) electrons. The summed E-state index contributed by atoms with van der Waals surface area (Å²) >= 11 is 0. The van der Waals surface area contributed by atoms with Crippen LogP contribution in [0.4, 0.5) is 5.69 Å². The van der Waals surface area contributed by atoms with E-state index in [0.717, 1.165) is 62.4 Å². The Kier molecular flexibility index (Phi) is 12.8. The number of ether oxygens (including phenoxy) is 1. The molecule has 1 fully saturated rings. The number of nitrogens with one attached hydrogen (secondary N) is 1. The van der Waals surface area contributed by atoms with Crippen LogP contribution in [0.1, 0.15) is 54.1 Å². The first-order valence-corrected chi connectivity index (χ1v) is 14.6. The molecule has 0 saturated carbocycles. The number of nitrogens with zero attached hydrogens (tertiary/aromatic N) is 3. The van der Waals surface area contributed by atoms with Crippen LogP contribution in [0.3, 0.4) is 0 Å². The summed E-state index contributed by atoms with van der Waals surface area (Å²) in [4.78, 5) is 30.8. The minimum Gasteiger partial charge on any atom is -0.489 e. The van der Waals surface area contributed by atoms with Gasteiger partial charge in [0.25, 0.3) is 5.91 Å². The fourth-order valence-electron chi connectivity index (χ4n) is 4.78. The number of anilines is 1. The Labute approximate surface area is 263 Å². The van der Waals surface area contributed by atoms with E-state index in [1.165, 1.54) is 24.3 Å². The van der Waals surface area contributed by atoms with E-state index in [2.05, 4.69) is 14.1 Å². The molecule has 15 heteroatoms. The zero-order valence-electron chi connectivity index (χ0n) is 23.6. The maximum atomic E-state index is 13.0. The van der Waals surface area contributed by atoms with Crippen molar-refractivity contribution in [3.63, 3.8) is 0 Å². The molecule has 2 heterocycles. The summed E-state index contributed by atoms with van der Waals surface area (Å²) in [7, 11) is -4.58. The van der Waals surface area contributed by atoms with Crippen molar-refractivity contribution in [3.8, 4) is 5.75 Å². The fourth-order valence-corrected chi connectivity index (χ4v) is 5.80.